The molecule has 2 fully saturated rings. The Labute approximate surface area is 459 Å². The molecule has 6 N–H and O–H groups in total. The second-order valence-corrected chi connectivity index (χ2v) is 26.2. The minimum atomic E-state index is -1.04. The Bertz CT molecular complexity index is 1850. The lowest BCUT2D eigenvalue weighted by Gasteiger charge is -2.46. The summed E-state index contributed by atoms with van der Waals surface area (Å²) < 4.78 is 27.5. The standard InChI is InChI=1S/C38H70N2O7.C12H22N2O4.C9H16O2/c1-14-38(13,22-30(7)21-36(10,11)46-18-17-29(6)16-15-27(2)3)47-33(42)39-26-37(12)24-31(23-35(8,9)25-37)40-34(43)45-20-19-44-32(41)28(4)5;1-11(2)4-8(14-10(17)18)5-12(3,6-11)7-13-9(15)16;1-5-8(4)6-11-9(10)7(2)3/h27,29-31H,4,14-26H2,1-3,5-13H3,(H,39,42)(H,40,43);8,13-14H,4-7H2,1-3H3,(H,15,16)(H,17,18);8H,2,5-6H2,1,3-4H3. The van der Waals surface area contributed by atoms with E-state index in [0.29, 0.717) is 67.9 Å². The van der Waals surface area contributed by atoms with E-state index in [1.807, 2.05) is 20.8 Å². The van der Waals surface area contributed by atoms with Gasteiger partial charge in [0, 0.05) is 42.9 Å². The summed E-state index contributed by atoms with van der Waals surface area (Å²) in [6, 6.07) is -0.241. The molecule has 0 radical (unpaired) electrons. The van der Waals surface area contributed by atoms with Crippen LogP contribution in [0.2, 0.25) is 0 Å². The zero-order valence-electron chi connectivity index (χ0n) is 50.7. The van der Waals surface area contributed by atoms with Crippen LogP contribution in [0.4, 0.5) is 19.2 Å². The van der Waals surface area contributed by atoms with Crippen LogP contribution in [0.5, 0.6) is 0 Å². The fraction of sp³-hybridized carbons (Fsp3) is 0.831. The summed E-state index contributed by atoms with van der Waals surface area (Å²) in [6.45, 7) is 46.5. The summed E-state index contributed by atoms with van der Waals surface area (Å²) in [6.07, 6.45) is 8.60. The lowest BCUT2D eigenvalue weighted by Crippen LogP contribution is -2.51. The molecule has 8 atom stereocenters. The van der Waals surface area contributed by atoms with Crippen LogP contribution < -0.4 is 21.3 Å². The summed E-state index contributed by atoms with van der Waals surface area (Å²) in [5.41, 5.74) is -0.597. The van der Waals surface area contributed by atoms with E-state index in [4.69, 9.17) is 33.9 Å². The van der Waals surface area contributed by atoms with Crippen LogP contribution in [-0.4, -0.2) is 109 Å². The molecule has 2 aliphatic rings. The van der Waals surface area contributed by atoms with Gasteiger partial charge in [-0.2, -0.15) is 0 Å². The number of ether oxygens (including phenoxy) is 5. The van der Waals surface area contributed by atoms with Crippen molar-refractivity contribution >= 4 is 36.3 Å². The van der Waals surface area contributed by atoms with Gasteiger partial charge in [-0.15, -0.1) is 0 Å². The number of hydrogen-bond acceptors (Lipinski definition) is 11. The average Bonchev–Trinajstić information content (AvgIpc) is 3.25. The maximum atomic E-state index is 13.1. The van der Waals surface area contributed by atoms with Crippen molar-refractivity contribution in [3.05, 3.63) is 24.3 Å². The van der Waals surface area contributed by atoms with Gasteiger partial charge in [0.2, 0.25) is 0 Å². The van der Waals surface area contributed by atoms with Crippen molar-refractivity contribution in [2.24, 2.45) is 45.3 Å². The first-order valence-electron chi connectivity index (χ1n) is 27.9. The second kappa shape index (κ2) is 33.0. The van der Waals surface area contributed by atoms with E-state index < -0.39 is 35.9 Å². The summed E-state index contributed by atoms with van der Waals surface area (Å²) in [5.74, 6) is 1.35. The number of alkyl carbamates (subject to hydrolysis) is 2. The molecule has 0 aromatic carbocycles. The molecule has 8 unspecified atom stereocenters. The van der Waals surface area contributed by atoms with Crippen LogP contribution in [0, 0.1) is 45.3 Å². The minimum Gasteiger partial charge on any atom is -0.465 e. The van der Waals surface area contributed by atoms with Crippen molar-refractivity contribution in [3.8, 4) is 0 Å². The predicted octanol–water partition coefficient (Wildman–Crippen LogP) is 13.2. The Morgan fingerprint density at radius 3 is 1.58 bits per heavy atom. The number of esters is 2. The van der Waals surface area contributed by atoms with Gasteiger partial charge in [-0.25, -0.2) is 28.8 Å². The van der Waals surface area contributed by atoms with Crippen molar-refractivity contribution in [1.29, 1.82) is 0 Å². The third-order valence-corrected chi connectivity index (χ3v) is 14.4. The highest BCUT2D eigenvalue weighted by Gasteiger charge is 2.44. The quantitative estimate of drug-likeness (QED) is 0.0195. The number of carboxylic acid groups (broad SMARTS) is 2. The topological polar surface area (TPSA) is 237 Å². The largest absolute Gasteiger partial charge is 0.465 e. The van der Waals surface area contributed by atoms with E-state index >= 15 is 0 Å². The zero-order chi connectivity index (χ0) is 58.9. The summed E-state index contributed by atoms with van der Waals surface area (Å²) in [5, 5.41) is 28.4. The van der Waals surface area contributed by atoms with E-state index in [2.05, 4.69) is 124 Å². The Kier molecular flexibility index (Phi) is 31.1. The molecular formula is C59H108N4O13. The van der Waals surface area contributed by atoms with Gasteiger partial charge in [0.1, 0.15) is 18.8 Å². The Morgan fingerprint density at radius 1 is 0.605 bits per heavy atom. The lowest BCUT2D eigenvalue weighted by molar-refractivity contribution is -0.140. The average molecular weight is 1080 g/mol. The highest BCUT2D eigenvalue weighted by Crippen LogP contribution is 2.47. The summed E-state index contributed by atoms with van der Waals surface area (Å²) >= 11 is 0. The first-order chi connectivity index (χ1) is 34.8. The molecule has 0 aromatic rings. The number of amides is 4. The second-order valence-electron chi connectivity index (χ2n) is 26.2. The molecule has 0 heterocycles. The number of hydrogen-bond donors (Lipinski definition) is 6. The van der Waals surface area contributed by atoms with E-state index in [9.17, 15) is 28.8 Å². The van der Waals surface area contributed by atoms with E-state index in [1.54, 1.807) is 13.8 Å². The van der Waals surface area contributed by atoms with E-state index in [0.717, 1.165) is 63.9 Å². The Balaban J connectivity index is 0.00000156. The molecule has 17 nitrogen and oxygen atoms in total. The van der Waals surface area contributed by atoms with Gasteiger partial charge in [0.05, 0.1) is 12.2 Å². The molecule has 2 rings (SSSR count). The van der Waals surface area contributed by atoms with Crippen LogP contribution in [0.3, 0.4) is 0 Å². The van der Waals surface area contributed by atoms with Gasteiger partial charge in [-0.05, 0) is 144 Å². The van der Waals surface area contributed by atoms with Gasteiger partial charge in [0.15, 0.2) is 0 Å². The SMILES string of the molecule is C=C(C)C(=O)OCC(C)CC.C=C(C)C(=O)OCCOC(=O)NC1CC(C)(C)CC(C)(CNC(=O)OC(C)(CC)CC(C)CC(C)(C)OCCC(C)CCC(C)C)C1.CC1(C)CC(NC(=O)O)CC(C)(CNC(=O)O)C1. The summed E-state index contributed by atoms with van der Waals surface area (Å²) in [4.78, 5) is 69.3. The van der Waals surface area contributed by atoms with Gasteiger partial charge in [-0.1, -0.05) is 122 Å². The third-order valence-electron chi connectivity index (χ3n) is 14.4. The molecule has 17 heteroatoms. The van der Waals surface area contributed by atoms with Crippen molar-refractivity contribution < 1.29 is 62.7 Å². The molecule has 0 bridgehead atoms. The maximum Gasteiger partial charge on any atom is 0.407 e. The fourth-order valence-electron chi connectivity index (χ4n) is 11.1. The van der Waals surface area contributed by atoms with Crippen molar-refractivity contribution in [3.63, 3.8) is 0 Å². The van der Waals surface area contributed by atoms with Gasteiger partial charge in [0.25, 0.3) is 0 Å². The van der Waals surface area contributed by atoms with Gasteiger partial charge < -0.3 is 55.2 Å². The predicted molar refractivity (Wildman–Crippen MR) is 301 cm³/mol. The van der Waals surface area contributed by atoms with Gasteiger partial charge in [-0.3, -0.25) is 0 Å². The van der Waals surface area contributed by atoms with Gasteiger partial charge >= 0.3 is 36.3 Å². The first-order valence-corrected chi connectivity index (χ1v) is 27.9. The van der Waals surface area contributed by atoms with E-state index in [1.165, 1.54) is 12.8 Å². The Hall–Kier alpha value is -4.54. The highest BCUT2D eigenvalue weighted by atomic mass is 16.6. The van der Waals surface area contributed by atoms with Crippen LogP contribution in [0.15, 0.2) is 24.3 Å². The molecule has 2 aliphatic carbocycles. The Morgan fingerprint density at radius 2 is 1.11 bits per heavy atom. The monoisotopic (exact) mass is 1080 g/mol. The molecule has 0 aliphatic heterocycles. The van der Waals surface area contributed by atoms with Crippen molar-refractivity contribution in [2.45, 2.75) is 231 Å². The van der Waals surface area contributed by atoms with Crippen LogP contribution >= 0.6 is 0 Å². The van der Waals surface area contributed by atoms with Crippen LogP contribution in [0.1, 0.15) is 208 Å². The van der Waals surface area contributed by atoms with Crippen LogP contribution in [0.25, 0.3) is 0 Å². The number of carbonyl (C=O) groups excluding carboxylic acids is 4. The van der Waals surface area contributed by atoms with Crippen molar-refractivity contribution in [1.82, 2.24) is 21.3 Å². The van der Waals surface area contributed by atoms with Crippen LogP contribution in [-0.2, 0) is 33.3 Å². The molecule has 4 amide bonds. The highest BCUT2D eigenvalue weighted by molar-refractivity contribution is 5.87. The number of carbonyl (C=O) groups is 6. The molecular weight excluding hydrogens is 973 g/mol. The van der Waals surface area contributed by atoms with Crippen molar-refractivity contribution in [2.75, 3.05) is 39.5 Å². The molecule has 2 saturated carbocycles. The first kappa shape index (κ1) is 71.5. The lowest BCUT2D eigenvalue weighted by atomic mass is 9.62. The normalized spacial score (nSPS) is 22.6. The molecule has 442 valence electrons. The maximum absolute atomic E-state index is 13.1. The molecule has 76 heavy (non-hydrogen) atoms. The third kappa shape index (κ3) is 32.9. The molecule has 0 saturated heterocycles. The van der Waals surface area contributed by atoms with E-state index in [-0.39, 0.29) is 58.5 Å². The molecule has 0 aromatic heterocycles. The zero-order valence-corrected chi connectivity index (χ0v) is 50.7. The minimum absolute atomic E-state index is 0.000298. The fourth-order valence-corrected chi connectivity index (χ4v) is 11.1. The number of rotatable bonds is 27. The smallest absolute Gasteiger partial charge is 0.407 e. The molecule has 0 spiro atoms. The number of nitrogens with one attached hydrogen (secondary N) is 4. The summed E-state index contributed by atoms with van der Waals surface area (Å²) in [7, 11) is 0.